The number of hydrogen-bond acceptors (Lipinski definition) is 4. The van der Waals surface area contributed by atoms with E-state index in [0.717, 1.165) is 23.7 Å². The molecule has 0 radical (unpaired) electrons. The van der Waals surface area contributed by atoms with Crippen molar-refractivity contribution in [2.75, 3.05) is 6.61 Å². The van der Waals surface area contributed by atoms with Gasteiger partial charge in [0.15, 0.2) is 0 Å². The van der Waals surface area contributed by atoms with E-state index in [1.54, 1.807) is 18.5 Å². The van der Waals surface area contributed by atoms with Crippen LogP contribution >= 0.6 is 11.6 Å². The lowest BCUT2D eigenvalue weighted by Crippen LogP contribution is -2.22. The monoisotopic (exact) mass is 403 g/mol. The molecular weight excluding hydrogens is 382 g/mol. The Labute approximate surface area is 163 Å². The van der Waals surface area contributed by atoms with Gasteiger partial charge < -0.3 is 14.4 Å². The first-order valence-corrected chi connectivity index (χ1v) is 12.7. The van der Waals surface area contributed by atoms with Crippen molar-refractivity contribution in [3.05, 3.63) is 47.5 Å². The van der Waals surface area contributed by atoms with Gasteiger partial charge in [0.2, 0.25) is 0 Å². The standard InChI is InChI=1S/C19H22ClN3O3Si/c1-27(2,3)7-6-26-12-23-5-4-15-17(20)16(11-22-18(15)23)13-8-14(19(24)25)10-21-9-13/h4-5,8-11H,6-7,12H2,1-3H3,(H,24,25). The maximum Gasteiger partial charge on any atom is 0.337 e. The molecule has 1 N–H and O–H groups in total. The molecule has 3 aromatic heterocycles. The van der Waals surface area contributed by atoms with Crippen LogP contribution in [-0.2, 0) is 11.5 Å². The van der Waals surface area contributed by atoms with Crippen molar-refractivity contribution in [1.82, 2.24) is 14.5 Å². The quantitative estimate of drug-likeness (QED) is 0.454. The number of carbonyl (C=O) groups is 1. The number of nitrogens with zero attached hydrogens (tertiary/aromatic N) is 3. The number of fused-ring (bicyclic) bond motifs is 1. The van der Waals surface area contributed by atoms with E-state index in [4.69, 9.17) is 21.4 Å². The molecule has 0 bridgehead atoms. The zero-order valence-electron chi connectivity index (χ0n) is 15.6. The minimum atomic E-state index is -1.12. The third kappa shape index (κ3) is 4.55. The summed E-state index contributed by atoms with van der Waals surface area (Å²) in [5.41, 5.74) is 2.11. The number of hydrogen-bond donors (Lipinski definition) is 1. The number of pyridine rings is 2. The summed E-state index contributed by atoms with van der Waals surface area (Å²) >= 11 is 6.58. The molecule has 3 heterocycles. The Morgan fingerprint density at radius 3 is 2.78 bits per heavy atom. The van der Waals surface area contributed by atoms with Crippen molar-refractivity contribution in [3.8, 4) is 11.1 Å². The number of aromatic nitrogens is 3. The highest BCUT2D eigenvalue weighted by molar-refractivity contribution is 6.76. The van der Waals surface area contributed by atoms with Gasteiger partial charge >= 0.3 is 5.97 Å². The molecule has 0 amide bonds. The van der Waals surface area contributed by atoms with E-state index in [-0.39, 0.29) is 5.56 Å². The summed E-state index contributed by atoms with van der Waals surface area (Å²) in [6, 6.07) is 4.54. The molecule has 27 heavy (non-hydrogen) atoms. The first-order valence-electron chi connectivity index (χ1n) is 8.66. The second-order valence-corrected chi connectivity index (χ2v) is 13.6. The van der Waals surface area contributed by atoms with Crippen molar-refractivity contribution in [2.45, 2.75) is 32.4 Å². The number of halogens is 1. The Morgan fingerprint density at radius 2 is 2.07 bits per heavy atom. The van der Waals surface area contributed by atoms with Crippen LogP contribution < -0.4 is 0 Å². The fourth-order valence-electron chi connectivity index (χ4n) is 2.66. The Bertz CT molecular complexity index is 982. The van der Waals surface area contributed by atoms with Gasteiger partial charge in [-0.2, -0.15) is 0 Å². The smallest absolute Gasteiger partial charge is 0.337 e. The van der Waals surface area contributed by atoms with Crippen LogP contribution in [0.4, 0.5) is 0 Å². The maximum absolute atomic E-state index is 11.2. The van der Waals surface area contributed by atoms with E-state index in [2.05, 4.69) is 29.6 Å². The van der Waals surface area contributed by atoms with Gasteiger partial charge in [0.05, 0.1) is 10.6 Å². The van der Waals surface area contributed by atoms with Gasteiger partial charge in [-0.05, 0) is 18.2 Å². The lowest BCUT2D eigenvalue weighted by atomic mass is 10.1. The Balaban J connectivity index is 1.84. The van der Waals surface area contributed by atoms with E-state index in [9.17, 15) is 4.79 Å². The second-order valence-electron chi connectivity index (χ2n) is 7.62. The van der Waals surface area contributed by atoms with Gasteiger partial charge in [0.1, 0.15) is 12.4 Å². The number of ether oxygens (including phenoxy) is 1. The van der Waals surface area contributed by atoms with Crippen LogP contribution in [-0.4, -0.2) is 40.3 Å². The van der Waals surface area contributed by atoms with E-state index >= 15 is 0 Å². The minimum absolute atomic E-state index is 0.108. The van der Waals surface area contributed by atoms with E-state index in [0.29, 0.717) is 22.9 Å². The third-order valence-corrected chi connectivity index (χ3v) is 6.36. The Kier molecular flexibility index (Phi) is 5.64. The van der Waals surface area contributed by atoms with Crippen molar-refractivity contribution in [2.24, 2.45) is 0 Å². The van der Waals surface area contributed by atoms with Crippen LogP contribution in [0.25, 0.3) is 22.2 Å². The maximum atomic E-state index is 11.2. The zero-order chi connectivity index (χ0) is 19.6. The second kappa shape index (κ2) is 7.80. The number of carboxylic acids is 1. The molecule has 0 aliphatic rings. The summed E-state index contributed by atoms with van der Waals surface area (Å²) < 4.78 is 7.72. The molecule has 0 atom stereocenters. The fraction of sp³-hybridized carbons (Fsp3) is 0.316. The van der Waals surface area contributed by atoms with Gasteiger partial charge in [-0.25, -0.2) is 9.78 Å². The average Bonchev–Trinajstić information content (AvgIpc) is 3.02. The molecule has 0 fully saturated rings. The summed E-state index contributed by atoms with van der Waals surface area (Å²) in [5.74, 6) is -1.03. The van der Waals surface area contributed by atoms with Crippen LogP contribution in [0, 0.1) is 0 Å². The molecule has 6 nitrogen and oxygen atoms in total. The molecular formula is C19H22ClN3O3Si. The van der Waals surface area contributed by atoms with Crippen LogP contribution in [0.15, 0.2) is 36.9 Å². The van der Waals surface area contributed by atoms with Gasteiger partial charge in [-0.1, -0.05) is 31.2 Å². The van der Waals surface area contributed by atoms with Gasteiger partial charge in [0.25, 0.3) is 0 Å². The Hall–Kier alpha value is -2.22. The molecule has 0 aliphatic carbocycles. The highest BCUT2D eigenvalue weighted by Gasteiger charge is 2.15. The number of aromatic carboxylic acids is 1. The predicted molar refractivity (Wildman–Crippen MR) is 109 cm³/mol. The molecule has 3 aromatic rings. The molecule has 0 aliphatic heterocycles. The summed E-state index contributed by atoms with van der Waals surface area (Å²) in [4.78, 5) is 19.7. The molecule has 0 saturated heterocycles. The lowest BCUT2D eigenvalue weighted by Gasteiger charge is -2.15. The highest BCUT2D eigenvalue weighted by atomic mass is 35.5. The SMILES string of the molecule is C[Si](C)(C)CCOCn1ccc2c(Cl)c(-c3cncc(C(=O)O)c3)cnc21. The summed E-state index contributed by atoms with van der Waals surface area (Å²) in [6.45, 7) is 8.11. The van der Waals surface area contributed by atoms with Crippen LogP contribution in [0.1, 0.15) is 10.4 Å². The van der Waals surface area contributed by atoms with Crippen LogP contribution in [0.2, 0.25) is 30.7 Å². The molecule has 142 valence electrons. The van der Waals surface area contributed by atoms with Gasteiger partial charge in [-0.3, -0.25) is 4.98 Å². The molecule has 0 aromatic carbocycles. The molecule has 0 saturated carbocycles. The summed E-state index contributed by atoms with van der Waals surface area (Å²) in [7, 11) is -1.12. The summed E-state index contributed by atoms with van der Waals surface area (Å²) in [5, 5.41) is 10.5. The van der Waals surface area contributed by atoms with Crippen molar-refractivity contribution >= 4 is 36.7 Å². The predicted octanol–water partition coefficient (Wildman–Crippen LogP) is 4.76. The Morgan fingerprint density at radius 1 is 1.30 bits per heavy atom. The molecule has 0 spiro atoms. The van der Waals surface area contributed by atoms with Crippen molar-refractivity contribution < 1.29 is 14.6 Å². The first-order chi connectivity index (χ1) is 12.8. The average molecular weight is 404 g/mol. The van der Waals surface area contributed by atoms with Crippen LogP contribution in [0.3, 0.4) is 0 Å². The van der Waals surface area contributed by atoms with Crippen molar-refractivity contribution in [1.29, 1.82) is 0 Å². The fourth-order valence-corrected chi connectivity index (χ4v) is 3.72. The molecule has 0 unspecified atom stereocenters. The molecule has 3 rings (SSSR count). The van der Waals surface area contributed by atoms with Gasteiger partial charge in [-0.15, -0.1) is 0 Å². The normalized spacial score (nSPS) is 11.9. The van der Waals surface area contributed by atoms with E-state index in [1.165, 1.54) is 6.20 Å². The zero-order valence-corrected chi connectivity index (χ0v) is 17.3. The highest BCUT2D eigenvalue weighted by Crippen LogP contribution is 2.33. The largest absolute Gasteiger partial charge is 0.478 e. The lowest BCUT2D eigenvalue weighted by molar-refractivity contribution is 0.0696. The minimum Gasteiger partial charge on any atom is -0.478 e. The topological polar surface area (TPSA) is 77.2 Å². The first kappa shape index (κ1) is 19.5. The van der Waals surface area contributed by atoms with E-state index < -0.39 is 14.0 Å². The third-order valence-electron chi connectivity index (χ3n) is 4.25. The van der Waals surface area contributed by atoms with E-state index in [1.807, 2.05) is 16.8 Å². The number of rotatable bonds is 7. The molecule has 8 heteroatoms. The van der Waals surface area contributed by atoms with Gasteiger partial charge in [0, 0.05) is 56.0 Å². The number of carboxylic acid groups (broad SMARTS) is 1. The summed E-state index contributed by atoms with van der Waals surface area (Å²) in [6.07, 6.45) is 6.43. The van der Waals surface area contributed by atoms with Crippen molar-refractivity contribution in [3.63, 3.8) is 0 Å². The van der Waals surface area contributed by atoms with Crippen LogP contribution in [0.5, 0.6) is 0 Å².